The summed E-state index contributed by atoms with van der Waals surface area (Å²) in [5.74, 6) is -0.713. The van der Waals surface area contributed by atoms with Crippen LogP contribution < -0.4 is 0 Å². The Bertz CT molecular complexity index is 81.7. The second-order valence-electron chi connectivity index (χ2n) is 0.936. The molecule has 0 aromatic heterocycles. The van der Waals surface area contributed by atoms with Gasteiger partial charge in [-0.3, -0.25) is 4.79 Å². The van der Waals surface area contributed by atoms with Crippen molar-refractivity contribution in [1.82, 2.24) is 0 Å². The van der Waals surface area contributed by atoms with Gasteiger partial charge in [0.2, 0.25) is 0 Å². The minimum atomic E-state index is -1.97. The molecule has 0 aliphatic heterocycles. The molecule has 0 radical (unpaired) electrons. The van der Waals surface area contributed by atoms with Crippen molar-refractivity contribution in [1.29, 1.82) is 0 Å². The van der Waals surface area contributed by atoms with E-state index in [0.717, 1.165) is 6.92 Å². The molecule has 6 heteroatoms. The largest absolute Gasteiger partial charge is 2.00 e. The molecule has 4 nitrogen and oxygen atoms in total. The van der Waals surface area contributed by atoms with Crippen molar-refractivity contribution in [3.8, 4) is 0 Å². The normalized spacial score (nSPS) is 6.88. The molecule has 0 spiro atoms. The first kappa shape index (κ1) is 11.5. The van der Waals surface area contributed by atoms with E-state index in [4.69, 9.17) is 10.0 Å². The molecule has 0 rings (SSSR count). The van der Waals surface area contributed by atoms with E-state index in [2.05, 4.69) is 4.65 Å². The smallest absolute Gasteiger partial charge is 1.00 e. The predicted molar refractivity (Wildman–Crippen MR) is 29.9 cm³/mol. The summed E-state index contributed by atoms with van der Waals surface area (Å²) in [6, 6.07) is 0. The average Bonchev–Trinajstić information content (AvgIpc) is 1.27. The van der Waals surface area contributed by atoms with Crippen LogP contribution in [0.2, 0.25) is 0 Å². The van der Waals surface area contributed by atoms with Crippen LogP contribution in [0.3, 0.4) is 0 Å². The van der Waals surface area contributed by atoms with Crippen LogP contribution in [0.1, 0.15) is 9.78 Å². The standard InChI is InChI=1S/C2H5BO4.Ca.2H/c1-2(4)7-3(5)6;;;/h5-6H,1H3;;;/q;+2;2*-1. The summed E-state index contributed by atoms with van der Waals surface area (Å²) in [5, 5.41) is 15.7. The van der Waals surface area contributed by atoms with Crippen LogP contribution >= 0.6 is 0 Å². The monoisotopic (exact) mass is 146 g/mol. The molecule has 0 amide bonds. The third kappa shape index (κ3) is 9.87. The van der Waals surface area contributed by atoms with Gasteiger partial charge in [0.25, 0.3) is 5.97 Å². The molecule has 8 heavy (non-hydrogen) atoms. The van der Waals surface area contributed by atoms with Crippen LogP contribution in [0.5, 0.6) is 0 Å². The summed E-state index contributed by atoms with van der Waals surface area (Å²) in [4.78, 5) is 9.71. The molecule has 0 aromatic rings. The molecule has 0 saturated heterocycles. The van der Waals surface area contributed by atoms with E-state index in [1.807, 2.05) is 0 Å². The van der Waals surface area contributed by atoms with Gasteiger partial charge in [-0.25, -0.2) is 0 Å². The van der Waals surface area contributed by atoms with Gasteiger partial charge < -0.3 is 17.6 Å². The zero-order valence-electron chi connectivity index (χ0n) is 6.50. The van der Waals surface area contributed by atoms with E-state index >= 15 is 0 Å². The molecule has 0 atom stereocenters. The molecule has 44 valence electrons. The van der Waals surface area contributed by atoms with Crippen LogP contribution in [0, 0.1) is 0 Å². The van der Waals surface area contributed by atoms with Crippen molar-refractivity contribution in [2.75, 3.05) is 0 Å². The quantitative estimate of drug-likeness (QED) is 0.435. The SMILES string of the molecule is CC(=O)OB(O)O.[Ca+2].[H-].[H-]. The summed E-state index contributed by atoms with van der Waals surface area (Å²) >= 11 is 0. The zero-order valence-corrected chi connectivity index (χ0v) is 6.70. The molecule has 0 aliphatic rings. The summed E-state index contributed by atoms with van der Waals surface area (Å²) in [6.07, 6.45) is 0. The maximum Gasteiger partial charge on any atom is 2.00 e. The van der Waals surface area contributed by atoms with Gasteiger partial charge >= 0.3 is 45.1 Å². The van der Waals surface area contributed by atoms with Gasteiger partial charge in [0.1, 0.15) is 0 Å². The minimum Gasteiger partial charge on any atom is -1.00 e. The van der Waals surface area contributed by atoms with Gasteiger partial charge in [-0.15, -0.1) is 0 Å². The molecule has 0 bridgehead atoms. The molecule has 0 unspecified atom stereocenters. The van der Waals surface area contributed by atoms with Gasteiger partial charge in [0.15, 0.2) is 0 Å². The van der Waals surface area contributed by atoms with E-state index in [-0.39, 0.29) is 40.6 Å². The molecular formula is C2H7BCaO4. The summed E-state index contributed by atoms with van der Waals surface area (Å²) < 4.78 is 3.72. The Morgan fingerprint density at radius 1 is 1.75 bits per heavy atom. The van der Waals surface area contributed by atoms with E-state index < -0.39 is 13.3 Å². The molecule has 0 fully saturated rings. The van der Waals surface area contributed by atoms with E-state index in [0.29, 0.717) is 0 Å². The van der Waals surface area contributed by atoms with Crippen molar-refractivity contribution in [3.05, 3.63) is 0 Å². The number of carbonyl (C=O) groups excluding carboxylic acids is 1. The number of hydrogen-bond donors (Lipinski definition) is 2. The van der Waals surface area contributed by atoms with Crippen LogP contribution in [0.4, 0.5) is 0 Å². The van der Waals surface area contributed by atoms with Crippen molar-refractivity contribution >= 4 is 51.0 Å². The van der Waals surface area contributed by atoms with Gasteiger partial charge in [-0.05, 0) is 0 Å². The van der Waals surface area contributed by atoms with Crippen LogP contribution in [0.25, 0.3) is 0 Å². The Kier molecular flexibility index (Phi) is 8.40. The topological polar surface area (TPSA) is 66.8 Å². The third-order valence-corrected chi connectivity index (χ3v) is 0.271. The average molecular weight is 146 g/mol. The van der Waals surface area contributed by atoms with E-state index in [1.165, 1.54) is 0 Å². The summed E-state index contributed by atoms with van der Waals surface area (Å²) in [6.45, 7) is 1.08. The fraction of sp³-hybridized carbons (Fsp3) is 0.500. The Hall–Kier alpha value is 0.715. The predicted octanol–water partition coefficient (Wildman–Crippen LogP) is -1.64. The van der Waals surface area contributed by atoms with Crippen LogP contribution in [-0.2, 0) is 9.45 Å². The Morgan fingerprint density at radius 3 is 2.12 bits per heavy atom. The molecule has 0 saturated carbocycles. The van der Waals surface area contributed by atoms with Crippen molar-refractivity contribution in [2.45, 2.75) is 6.92 Å². The summed E-state index contributed by atoms with van der Waals surface area (Å²) in [5.41, 5.74) is 0. The first-order chi connectivity index (χ1) is 3.13. The minimum absolute atomic E-state index is 0. The Labute approximate surface area is 80.0 Å². The van der Waals surface area contributed by atoms with Gasteiger partial charge in [0.05, 0.1) is 0 Å². The second kappa shape index (κ2) is 5.84. The molecule has 0 aromatic carbocycles. The van der Waals surface area contributed by atoms with Gasteiger partial charge in [-0.1, -0.05) is 0 Å². The summed E-state index contributed by atoms with van der Waals surface area (Å²) in [7, 11) is -1.97. The van der Waals surface area contributed by atoms with Gasteiger partial charge in [0, 0.05) is 6.92 Å². The van der Waals surface area contributed by atoms with Crippen LogP contribution in [0.15, 0.2) is 0 Å². The first-order valence-corrected chi connectivity index (χ1v) is 1.66. The molecular weight excluding hydrogens is 139 g/mol. The fourth-order valence-electron chi connectivity index (χ4n) is 0.148. The second-order valence-corrected chi connectivity index (χ2v) is 0.936. The molecule has 2 N–H and O–H groups in total. The third-order valence-electron chi connectivity index (χ3n) is 0.271. The Morgan fingerprint density at radius 2 is 2.12 bits per heavy atom. The van der Waals surface area contributed by atoms with Crippen molar-refractivity contribution in [2.24, 2.45) is 0 Å². The zero-order chi connectivity index (χ0) is 5.86. The maximum atomic E-state index is 9.71. The van der Waals surface area contributed by atoms with Crippen LogP contribution in [-0.4, -0.2) is 61.1 Å². The Balaban J connectivity index is -0.0000000600. The number of hydrogen-bond acceptors (Lipinski definition) is 4. The van der Waals surface area contributed by atoms with E-state index in [9.17, 15) is 4.79 Å². The first-order valence-electron chi connectivity index (χ1n) is 1.66. The van der Waals surface area contributed by atoms with Gasteiger partial charge in [-0.2, -0.15) is 0 Å². The number of rotatable bonds is 1. The fourth-order valence-corrected chi connectivity index (χ4v) is 0.148. The van der Waals surface area contributed by atoms with Crippen molar-refractivity contribution < 1.29 is 22.4 Å². The number of carbonyl (C=O) groups is 1. The van der Waals surface area contributed by atoms with Crippen molar-refractivity contribution in [3.63, 3.8) is 0 Å². The molecule has 0 heterocycles. The van der Waals surface area contributed by atoms with E-state index in [1.54, 1.807) is 0 Å². The molecule has 0 aliphatic carbocycles. The maximum absolute atomic E-state index is 9.71.